The first kappa shape index (κ1) is 22.0. The second-order valence-electron chi connectivity index (χ2n) is 7.46. The van der Waals surface area contributed by atoms with E-state index in [1.165, 1.54) is 4.90 Å². The first-order valence-electron chi connectivity index (χ1n) is 9.90. The minimum Gasteiger partial charge on any atom is -0.322 e. The molecule has 1 aromatic rings. The molecular formula is C20H25BrN2O5S. The summed E-state index contributed by atoms with van der Waals surface area (Å²) >= 11 is 3.39. The molecule has 0 aliphatic carbocycles. The van der Waals surface area contributed by atoms with E-state index < -0.39 is 21.8 Å². The van der Waals surface area contributed by atoms with Crippen LogP contribution in [0.3, 0.4) is 0 Å². The third-order valence-electron chi connectivity index (χ3n) is 5.42. The average molecular weight is 485 g/mol. The predicted octanol–water partition coefficient (Wildman–Crippen LogP) is 2.57. The number of fused-ring (bicyclic) bond motifs is 1. The number of hydrogen-bond acceptors (Lipinski definition) is 5. The maximum absolute atomic E-state index is 12.9. The van der Waals surface area contributed by atoms with Crippen molar-refractivity contribution >= 4 is 43.5 Å². The van der Waals surface area contributed by atoms with Crippen molar-refractivity contribution in [2.24, 2.45) is 0 Å². The van der Waals surface area contributed by atoms with Gasteiger partial charge in [-0.25, -0.2) is 8.42 Å². The van der Waals surface area contributed by atoms with Crippen molar-refractivity contribution in [1.82, 2.24) is 10.2 Å². The Labute approximate surface area is 179 Å². The molecule has 1 N–H and O–H groups in total. The topological polar surface area (TPSA) is 101 Å². The van der Waals surface area contributed by atoms with Gasteiger partial charge >= 0.3 is 0 Å². The number of imide groups is 1. The summed E-state index contributed by atoms with van der Waals surface area (Å²) in [5.74, 6) is -1.17. The SMILES string of the molecule is O=C1CCC(N2Cc3c(cccc3S(=O)(=O)CCCCCCCBr)C2=O)C(=O)N1. The van der Waals surface area contributed by atoms with E-state index in [1.54, 1.807) is 18.2 Å². The number of rotatable bonds is 9. The van der Waals surface area contributed by atoms with Crippen LogP contribution in [0.4, 0.5) is 0 Å². The van der Waals surface area contributed by atoms with Crippen LogP contribution in [0.5, 0.6) is 0 Å². The number of nitrogens with one attached hydrogen (secondary N) is 1. The van der Waals surface area contributed by atoms with Crippen LogP contribution in [-0.2, 0) is 26.0 Å². The number of carbonyl (C=O) groups is 3. The van der Waals surface area contributed by atoms with Gasteiger partial charge in [-0.2, -0.15) is 0 Å². The Morgan fingerprint density at radius 1 is 1.07 bits per heavy atom. The zero-order chi connectivity index (χ0) is 21.0. The number of amides is 3. The van der Waals surface area contributed by atoms with Crippen molar-refractivity contribution in [3.8, 4) is 0 Å². The predicted molar refractivity (Wildman–Crippen MR) is 111 cm³/mol. The number of nitrogens with zero attached hydrogens (tertiary/aromatic N) is 1. The molecule has 2 aliphatic rings. The number of alkyl halides is 1. The van der Waals surface area contributed by atoms with Gasteiger partial charge in [-0.3, -0.25) is 19.7 Å². The van der Waals surface area contributed by atoms with E-state index in [9.17, 15) is 22.8 Å². The van der Waals surface area contributed by atoms with Crippen molar-refractivity contribution < 1.29 is 22.8 Å². The van der Waals surface area contributed by atoms with Gasteiger partial charge in [0, 0.05) is 29.4 Å². The summed E-state index contributed by atoms with van der Waals surface area (Å²) in [5, 5.41) is 3.21. The van der Waals surface area contributed by atoms with Gasteiger partial charge in [0.2, 0.25) is 11.8 Å². The molecule has 0 aromatic heterocycles. The average Bonchev–Trinajstić information content (AvgIpc) is 3.01. The molecule has 1 unspecified atom stereocenters. The maximum Gasteiger partial charge on any atom is 0.255 e. The monoisotopic (exact) mass is 484 g/mol. The molecule has 7 nitrogen and oxygen atoms in total. The quantitative estimate of drug-likeness (QED) is 0.329. The lowest BCUT2D eigenvalue weighted by molar-refractivity contribution is -0.136. The summed E-state index contributed by atoms with van der Waals surface area (Å²) in [6.07, 6.45) is 4.99. The van der Waals surface area contributed by atoms with Gasteiger partial charge in [0.1, 0.15) is 6.04 Å². The minimum atomic E-state index is -3.52. The van der Waals surface area contributed by atoms with Gasteiger partial charge in [0.15, 0.2) is 9.84 Å². The molecular weight excluding hydrogens is 460 g/mol. The van der Waals surface area contributed by atoms with Crippen molar-refractivity contribution in [1.29, 1.82) is 0 Å². The van der Waals surface area contributed by atoms with Crippen molar-refractivity contribution in [2.75, 3.05) is 11.1 Å². The number of unbranched alkanes of at least 4 members (excludes halogenated alkanes) is 4. The van der Waals surface area contributed by atoms with Gasteiger partial charge in [-0.15, -0.1) is 0 Å². The Hall–Kier alpha value is -1.74. The van der Waals surface area contributed by atoms with Gasteiger partial charge in [0.25, 0.3) is 5.91 Å². The molecule has 2 aliphatic heterocycles. The lowest BCUT2D eigenvalue weighted by Gasteiger charge is -2.29. The first-order chi connectivity index (χ1) is 13.8. The number of benzene rings is 1. The lowest BCUT2D eigenvalue weighted by Crippen LogP contribution is -2.52. The Morgan fingerprint density at radius 2 is 1.79 bits per heavy atom. The van der Waals surface area contributed by atoms with E-state index >= 15 is 0 Å². The summed E-state index contributed by atoms with van der Waals surface area (Å²) in [5.41, 5.74) is 0.787. The van der Waals surface area contributed by atoms with Crippen molar-refractivity contribution in [2.45, 2.75) is 62.4 Å². The van der Waals surface area contributed by atoms with Crippen LogP contribution in [0.1, 0.15) is 60.9 Å². The summed E-state index contributed by atoms with van der Waals surface area (Å²) in [7, 11) is -3.52. The molecule has 9 heteroatoms. The number of hydrogen-bond donors (Lipinski definition) is 1. The van der Waals surface area contributed by atoms with Crippen LogP contribution >= 0.6 is 15.9 Å². The van der Waals surface area contributed by atoms with E-state index in [2.05, 4.69) is 21.2 Å². The summed E-state index contributed by atoms with van der Waals surface area (Å²) < 4.78 is 25.8. The minimum absolute atomic E-state index is 0.0460. The van der Waals surface area contributed by atoms with Crippen LogP contribution in [0.25, 0.3) is 0 Å². The summed E-state index contributed by atoms with van der Waals surface area (Å²) in [6.45, 7) is 0.0705. The second-order valence-corrected chi connectivity index (χ2v) is 10.3. The Balaban J connectivity index is 1.73. The molecule has 29 heavy (non-hydrogen) atoms. The molecule has 2 heterocycles. The van der Waals surface area contributed by atoms with Gasteiger partial charge in [-0.1, -0.05) is 41.3 Å². The fourth-order valence-corrected chi connectivity index (χ4v) is 5.91. The van der Waals surface area contributed by atoms with Crippen LogP contribution < -0.4 is 5.32 Å². The third-order valence-corrected chi connectivity index (χ3v) is 7.86. The highest BCUT2D eigenvalue weighted by molar-refractivity contribution is 9.09. The molecule has 0 saturated carbocycles. The molecule has 3 rings (SSSR count). The highest BCUT2D eigenvalue weighted by Crippen LogP contribution is 2.32. The van der Waals surface area contributed by atoms with Crippen LogP contribution in [0.2, 0.25) is 0 Å². The van der Waals surface area contributed by atoms with Gasteiger partial charge < -0.3 is 4.90 Å². The second kappa shape index (κ2) is 9.38. The van der Waals surface area contributed by atoms with Gasteiger partial charge in [-0.05, 0) is 31.4 Å². The van der Waals surface area contributed by atoms with Gasteiger partial charge in [0.05, 0.1) is 10.6 Å². The molecule has 158 valence electrons. The smallest absolute Gasteiger partial charge is 0.255 e. The Bertz CT molecular complexity index is 915. The fourth-order valence-electron chi connectivity index (χ4n) is 3.88. The lowest BCUT2D eigenvalue weighted by atomic mass is 10.0. The fraction of sp³-hybridized carbons (Fsp3) is 0.550. The van der Waals surface area contributed by atoms with E-state index in [0.29, 0.717) is 17.5 Å². The van der Waals surface area contributed by atoms with E-state index in [0.717, 1.165) is 31.0 Å². The molecule has 1 atom stereocenters. The molecule has 3 amide bonds. The normalized spacial score (nSPS) is 19.4. The molecule has 1 aromatic carbocycles. The van der Waals surface area contributed by atoms with Crippen LogP contribution in [-0.4, -0.2) is 48.2 Å². The molecule has 1 saturated heterocycles. The third kappa shape index (κ3) is 4.88. The maximum atomic E-state index is 12.9. The number of sulfone groups is 1. The number of carbonyl (C=O) groups excluding carboxylic acids is 3. The summed E-state index contributed by atoms with van der Waals surface area (Å²) in [6, 6.07) is 3.97. The first-order valence-corrected chi connectivity index (χ1v) is 12.7. The van der Waals surface area contributed by atoms with Crippen molar-refractivity contribution in [3.05, 3.63) is 29.3 Å². The van der Waals surface area contributed by atoms with E-state index in [-0.39, 0.29) is 41.8 Å². The van der Waals surface area contributed by atoms with E-state index in [4.69, 9.17) is 0 Å². The van der Waals surface area contributed by atoms with Crippen LogP contribution in [0.15, 0.2) is 23.1 Å². The zero-order valence-corrected chi connectivity index (χ0v) is 18.6. The number of piperidine rings is 1. The highest BCUT2D eigenvalue weighted by Gasteiger charge is 2.40. The zero-order valence-electron chi connectivity index (χ0n) is 16.2. The highest BCUT2D eigenvalue weighted by atomic mass is 79.9. The molecule has 0 spiro atoms. The largest absolute Gasteiger partial charge is 0.322 e. The molecule has 0 bridgehead atoms. The van der Waals surface area contributed by atoms with E-state index in [1.807, 2.05) is 0 Å². The molecule has 1 fully saturated rings. The Kier molecular flexibility index (Phi) is 7.10. The Morgan fingerprint density at radius 3 is 2.52 bits per heavy atom. The standard InChI is InChI=1S/C20H25BrN2O5S/c21-11-4-2-1-3-5-12-29(27,28)17-8-6-7-14-15(17)13-23(20(14)26)16-9-10-18(24)22-19(16)25/h6-8,16H,1-5,9-13H2,(H,22,24,25). The van der Waals surface area contributed by atoms with Crippen LogP contribution in [0, 0.1) is 0 Å². The molecule has 0 radical (unpaired) electrons. The summed E-state index contributed by atoms with van der Waals surface area (Å²) in [4.78, 5) is 37.9. The number of halogens is 1. The van der Waals surface area contributed by atoms with Crippen molar-refractivity contribution in [3.63, 3.8) is 0 Å².